The van der Waals surface area contributed by atoms with E-state index in [0.717, 1.165) is 21.7 Å². The highest BCUT2D eigenvalue weighted by Crippen LogP contribution is 2.19. The molecule has 29 heavy (non-hydrogen) atoms. The number of amides is 2. The van der Waals surface area contributed by atoms with Crippen molar-refractivity contribution >= 4 is 27.5 Å². The molecule has 0 bridgehead atoms. The maximum Gasteiger partial charge on any atom is 0.253 e. The van der Waals surface area contributed by atoms with Gasteiger partial charge in [-0.05, 0) is 36.8 Å². The molecule has 156 valence electrons. The van der Waals surface area contributed by atoms with Gasteiger partial charge in [0.05, 0.1) is 11.9 Å². The van der Waals surface area contributed by atoms with Gasteiger partial charge in [0.1, 0.15) is 6.54 Å². The molecular formula is C21H27N3O4S. The van der Waals surface area contributed by atoms with Crippen molar-refractivity contribution in [2.75, 3.05) is 38.2 Å². The predicted molar refractivity (Wildman–Crippen MR) is 114 cm³/mol. The monoisotopic (exact) mass is 417 g/mol. The Morgan fingerprint density at radius 1 is 0.897 bits per heavy atom. The molecule has 8 heteroatoms. The molecule has 0 heterocycles. The van der Waals surface area contributed by atoms with Crippen molar-refractivity contribution in [3.8, 4) is 0 Å². The van der Waals surface area contributed by atoms with Gasteiger partial charge >= 0.3 is 0 Å². The van der Waals surface area contributed by atoms with Gasteiger partial charge in [0.25, 0.3) is 5.91 Å². The summed E-state index contributed by atoms with van der Waals surface area (Å²) in [6.45, 7) is 2.05. The fraction of sp³-hybridized carbons (Fsp3) is 0.333. The maximum atomic E-state index is 12.7. The minimum Gasteiger partial charge on any atom is -0.345 e. The van der Waals surface area contributed by atoms with Crippen LogP contribution in [0, 0.1) is 6.92 Å². The molecule has 2 aromatic rings. The van der Waals surface area contributed by atoms with Gasteiger partial charge < -0.3 is 9.80 Å². The van der Waals surface area contributed by atoms with Crippen molar-refractivity contribution in [3.05, 3.63) is 65.2 Å². The molecule has 0 aliphatic heterocycles. The zero-order valence-electron chi connectivity index (χ0n) is 17.4. The summed E-state index contributed by atoms with van der Waals surface area (Å²) >= 11 is 0. The molecule has 0 aliphatic rings. The SMILES string of the molecule is Cc1ccc(CN(C)C(=O)CN(c2ccc(C(=O)N(C)C)cc2)S(C)(=O)=O)cc1. The lowest BCUT2D eigenvalue weighted by molar-refractivity contribution is -0.128. The number of benzene rings is 2. The number of hydrogen-bond acceptors (Lipinski definition) is 4. The van der Waals surface area contributed by atoms with Crippen LogP contribution in [-0.2, 0) is 21.4 Å². The van der Waals surface area contributed by atoms with E-state index in [1.165, 1.54) is 21.9 Å². The van der Waals surface area contributed by atoms with Crippen LogP contribution in [-0.4, -0.2) is 64.0 Å². The number of aryl methyl sites for hydroxylation is 1. The van der Waals surface area contributed by atoms with Crippen molar-refractivity contribution in [3.63, 3.8) is 0 Å². The van der Waals surface area contributed by atoms with E-state index < -0.39 is 10.0 Å². The fourth-order valence-corrected chi connectivity index (χ4v) is 3.58. The summed E-state index contributed by atoms with van der Waals surface area (Å²) in [6.07, 6.45) is 1.05. The van der Waals surface area contributed by atoms with Crippen molar-refractivity contribution < 1.29 is 18.0 Å². The number of hydrogen-bond donors (Lipinski definition) is 0. The Labute approximate surface area is 172 Å². The van der Waals surface area contributed by atoms with Crippen LogP contribution in [0.5, 0.6) is 0 Å². The average Bonchev–Trinajstić information content (AvgIpc) is 2.66. The van der Waals surface area contributed by atoms with Crippen LogP contribution in [0.3, 0.4) is 0 Å². The van der Waals surface area contributed by atoms with Gasteiger partial charge in [-0.1, -0.05) is 29.8 Å². The first-order chi connectivity index (χ1) is 13.5. The Balaban J connectivity index is 2.17. The van der Waals surface area contributed by atoms with Crippen LogP contribution in [0.4, 0.5) is 5.69 Å². The lowest BCUT2D eigenvalue weighted by Crippen LogP contribution is -2.41. The van der Waals surface area contributed by atoms with E-state index in [2.05, 4.69) is 0 Å². The Bertz CT molecular complexity index is 968. The van der Waals surface area contributed by atoms with E-state index in [9.17, 15) is 18.0 Å². The minimum atomic E-state index is -3.68. The normalized spacial score (nSPS) is 11.1. The molecule has 0 atom stereocenters. The van der Waals surface area contributed by atoms with E-state index in [-0.39, 0.29) is 18.4 Å². The third kappa shape index (κ3) is 6.05. The van der Waals surface area contributed by atoms with E-state index in [1.807, 2.05) is 31.2 Å². The number of nitrogens with zero attached hydrogens (tertiary/aromatic N) is 3. The molecular weight excluding hydrogens is 390 g/mol. The Hall–Kier alpha value is -2.87. The third-order valence-electron chi connectivity index (χ3n) is 4.45. The summed E-state index contributed by atoms with van der Waals surface area (Å²) < 4.78 is 25.6. The second-order valence-electron chi connectivity index (χ2n) is 7.25. The molecule has 2 rings (SSSR count). The molecule has 0 radical (unpaired) electrons. The molecule has 0 N–H and O–H groups in total. The first-order valence-electron chi connectivity index (χ1n) is 9.08. The van der Waals surface area contributed by atoms with Crippen molar-refractivity contribution in [1.29, 1.82) is 0 Å². The summed E-state index contributed by atoms with van der Waals surface area (Å²) in [6, 6.07) is 14.0. The number of rotatable bonds is 7. The topological polar surface area (TPSA) is 78.0 Å². The van der Waals surface area contributed by atoms with Crippen LogP contribution in [0.15, 0.2) is 48.5 Å². The Kier molecular flexibility index (Phi) is 7.02. The third-order valence-corrected chi connectivity index (χ3v) is 5.59. The summed E-state index contributed by atoms with van der Waals surface area (Å²) in [5.74, 6) is -0.513. The minimum absolute atomic E-state index is 0.184. The van der Waals surface area contributed by atoms with E-state index >= 15 is 0 Å². The van der Waals surface area contributed by atoms with Crippen molar-refractivity contribution in [1.82, 2.24) is 9.80 Å². The van der Waals surface area contributed by atoms with Crippen LogP contribution in [0.2, 0.25) is 0 Å². The number of sulfonamides is 1. The van der Waals surface area contributed by atoms with Gasteiger partial charge in [0.2, 0.25) is 15.9 Å². The van der Waals surface area contributed by atoms with E-state index in [1.54, 1.807) is 33.3 Å². The summed E-state index contributed by atoms with van der Waals surface area (Å²) in [4.78, 5) is 27.6. The molecule has 2 amide bonds. The van der Waals surface area contributed by atoms with Crippen LogP contribution in [0.1, 0.15) is 21.5 Å². The maximum absolute atomic E-state index is 12.7. The highest BCUT2D eigenvalue weighted by Gasteiger charge is 2.23. The lowest BCUT2D eigenvalue weighted by Gasteiger charge is -2.25. The predicted octanol–water partition coefficient (Wildman–Crippen LogP) is 2.12. The van der Waals surface area contributed by atoms with Crippen LogP contribution >= 0.6 is 0 Å². The second-order valence-corrected chi connectivity index (χ2v) is 9.16. The zero-order valence-corrected chi connectivity index (χ0v) is 18.2. The van der Waals surface area contributed by atoms with Crippen LogP contribution in [0.25, 0.3) is 0 Å². The van der Waals surface area contributed by atoms with Gasteiger partial charge in [-0.25, -0.2) is 8.42 Å². The Morgan fingerprint density at radius 3 is 1.93 bits per heavy atom. The highest BCUT2D eigenvalue weighted by atomic mass is 32.2. The number of anilines is 1. The second kappa shape index (κ2) is 9.09. The molecule has 0 fully saturated rings. The van der Waals surface area contributed by atoms with E-state index in [0.29, 0.717) is 17.8 Å². The first kappa shape index (κ1) is 22.4. The van der Waals surface area contributed by atoms with Crippen LogP contribution < -0.4 is 4.31 Å². The summed E-state index contributed by atoms with van der Waals surface area (Å²) in [7, 11) is 1.24. The standard InChI is InChI=1S/C21H27N3O4S/c1-16-6-8-17(9-7-16)14-23(4)20(25)15-24(29(5,27)28)19-12-10-18(11-13-19)21(26)22(2)3/h6-13H,14-15H2,1-5H3. The molecule has 7 nitrogen and oxygen atoms in total. The molecule has 0 saturated heterocycles. The van der Waals surface area contributed by atoms with Gasteiger partial charge in [0, 0.05) is 33.3 Å². The summed E-state index contributed by atoms with van der Waals surface area (Å²) in [5.41, 5.74) is 2.86. The molecule has 2 aromatic carbocycles. The lowest BCUT2D eigenvalue weighted by atomic mass is 10.1. The quantitative estimate of drug-likeness (QED) is 0.691. The van der Waals surface area contributed by atoms with Crippen molar-refractivity contribution in [2.45, 2.75) is 13.5 Å². The van der Waals surface area contributed by atoms with Gasteiger partial charge in [0.15, 0.2) is 0 Å². The number of likely N-dealkylation sites (N-methyl/N-ethyl adjacent to an activating group) is 1. The fourth-order valence-electron chi connectivity index (χ4n) is 2.73. The zero-order chi connectivity index (χ0) is 21.8. The largest absolute Gasteiger partial charge is 0.345 e. The van der Waals surface area contributed by atoms with Crippen molar-refractivity contribution in [2.24, 2.45) is 0 Å². The number of carbonyl (C=O) groups is 2. The number of carbonyl (C=O) groups excluding carboxylic acids is 2. The average molecular weight is 418 g/mol. The molecule has 0 spiro atoms. The van der Waals surface area contributed by atoms with Gasteiger partial charge in [-0.15, -0.1) is 0 Å². The molecule has 0 saturated carbocycles. The molecule has 0 aliphatic carbocycles. The Morgan fingerprint density at radius 2 is 1.45 bits per heavy atom. The van der Waals surface area contributed by atoms with E-state index in [4.69, 9.17) is 0 Å². The molecule has 0 unspecified atom stereocenters. The van der Waals surface area contributed by atoms with Gasteiger partial charge in [-0.3, -0.25) is 13.9 Å². The first-order valence-corrected chi connectivity index (χ1v) is 10.9. The van der Waals surface area contributed by atoms with Gasteiger partial charge in [-0.2, -0.15) is 0 Å². The smallest absolute Gasteiger partial charge is 0.253 e. The molecule has 0 aromatic heterocycles. The highest BCUT2D eigenvalue weighted by molar-refractivity contribution is 7.92. The summed E-state index contributed by atoms with van der Waals surface area (Å²) in [5, 5.41) is 0.